The van der Waals surface area contributed by atoms with Gasteiger partial charge in [0.1, 0.15) is 18.7 Å². The summed E-state index contributed by atoms with van der Waals surface area (Å²) in [5, 5.41) is 22.0. The number of benzene rings is 1. The minimum Gasteiger partial charge on any atom is -0.394 e. The van der Waals surface area contributed by atoms with E-state index in [1.54, 1.807) is 35.2 Å². The molecule has 1 amide bonds. The highest BCUT2D eigenvalue weighted by Gasteiger charge is 2.31. The monoisotopic (exact) mass is 369 g/mol. The first-order chi connectivity index (χ1) is 13.2. The van der Waals surface area contributed by atoms with Gasteiger partial charge in [0.05, 0.1) is 19.0 Å². The average Bonchev–Trinajstić information content (AvgIpc) is 3.14. The van der Waals surface area contributed by atoms with E-state index in [2.05, 4.69) is 20.3 Å². The van der Waals surface area contributed by atoms with Crippen molar-refractivity contribution in [3.8, 4) is 0 Å². The van der Waals surface area contributed by atoms with Crippen molar-refractivity contribution >= 4 is 22.9 Å². The molecule has 1 aliphatic heterocycles. The van der Waals surface area contributed by atoms with E-state index in [1.165, 1.54) is 6.33 Å². The maximum absolute atomic E-state index is 12.4. The van der Waals surface area contributed by atoms with E-state index in [4.69, 9.17) is 4.74 Å². The van der Waals surface area contributed by atoms with E-state index in [0.29, 0.717) is 35.4 Å². The lowest BCUT2D eigenvalue weighted by molar-refractivity contribution is -0.158. The summed E-state index contributed by atoms with van der Waals surface area (Å²) in [5.41, 5.74) is 1.46. The molecule has 27 heavy (non-hydrogen) atoms. The van der Waals surface area contributed by atoms with Crippen molar-refractivity contribution in [2.24, 2.45) is 0 Å². The predicted molar refractivity (Wildman–Crippen MR) is 96.0 cm³/mol. The molecular weight excluding hydrogens is 350 g/mol. The fourth-order valence-corrected chi connectivity index (χ4v) is 3.15. The molecule has 4 rings (SSSR count). The SMILES string of the molecule is O=C(Nc1ncnc2c1ncn2[C@H]1CC[C@H](O)[C@@H](CO)O1)c1ccccc1. The second-order valence-electron chi connectivity index (χ2n) is 6.32. The molecule has 2 aromatic heterocycles. The molecule has 0 bridgehead atoms. The van der Waals surface area contributed by atoms with Gasteiger partial charge in [-0.25, -0.2) is 15.0 Å². The molecule has 1 saturated heterocycles. The van der Waals surface area contributed by atoms with E-state index in [9.17, 15) is 15.0 Å². The molecule has 9 nitrogen and oxygen atoms in total. The van der Waals surface area contributed by atoms with Gasteiger partial charge in [-0.15, -0.1) is 0 Å². The molecule has 3 N–H and O–H groups in total. The van der Waals surface area contributed by atoms with Crippen LogP contribution >= 0.6 is 0 Å². The lowest BCUT2D eigenvalue weighted by Crippen LogP contribution is -2.39. The summed E-state index contributed by atoms with van der Waals surface area (Å²) in [6, 6.07) is 8.82. The lowest BCUT2D eigenvalue weighted by Gasteiger charge is -2.33. The minimum absolute atomic E-state index is 0.266. The Morgan fingerprint density at radius 2 is 2.04 bits per heavy atom. The molecule has 9 heteroatoms. The number of aromatic nitrogens is 4. The summed E-state index contributed by atoms with van der Waals surface area (Å²) in [6.07, 6.45) is 2.20. The molecule has 3 aromatic rings. The van der Waals surface area contributed by atoms with Crippen LogP contribution in [0.3, 0.4) is 0 Å². The van der Waals surface area contributed by atoms with Gasteiger partial charge in [0, 0.05) is 5.56 Å². The number of hydrogen-bond acceptors (Lipinski definition) is 7. The van der Waals surface area contributed by atoms with Crippen molar-refractivity contribution in [1.29, 1.82) is 0 Å². The fraction of sp³-hybridized carbons (Fsp3) is 0.333. The molecule has 0 radical (unpaired) electrons. The summed E-state index contributed by atoms with van der Waals surface area (Å²) in [5.74, 6) is 0.0182. The number of imidazole rings is 1. The molecule has 1 fully saturated rings. The third-order valence-electron chi connectivity index (χ3n) is 4.59. The molecule has 1 aromatic carbocycles. The molecule has 0 aliphatic carbocycles. The van der Waals surface area contributed by atoms with Gasteiger partial charge >= 0.3 is 0 Å². The molecule has 0 saturated carbocycles. The Kier molecular flexibility index (Phi) is 4.80. The Balaban J connectivity index is 1.61. The number of nitrogens with zero attached hydrogens (tertiary/aromatic N) is 4. The van der Waals surface area contributed by atoms with Crippen LogP contribution in [0.25, 0.3) is 11.2 Å². The van der Waals surface area contributed by atoms with Crippen molar-refractivity contribution in [2.45, 2.75) is 31.3 Å². The Bertz CT molecular complexity index is 945. The Morgan fingerprint density at radius 1 is 1.22 bits per heavy atom. The minimum atomic E-state index is -0.698. The number of anilines is 1. The number of ether oxygens (including phenoxy) is 1. The van der Waals surface area contributed by atoms with Gasteiger partial charge in [0.25, 0.3) is 5.91 Å². The molecule has 3 heterocycles. The molecular formula is C18H19N5O4. The van der Waals surface area contributed by atoms with Gasteiger partial charge in [-0.05, 0) is 25.0 Å². The van der Waals surface area contributed by atoms with Crippen LogP contribution < -0.4 is 5.32 Å². The number of carbonyl (C=O) groups is 1. The molecule has 140 valence electrons. The van der Waals surface area contributed by atoms with Crippen LogP contribution in [0.1, 0.15) is 29.4 Å². The normalized spacial score (nSPS) is 22.7. The van der Waals surface area contributed by atoms with E-state index in [1.807, 2.05) is 6.07 Å². The van der Waals surface area contributed by atoms with Crippen molar-refractivity contribution < 1.29 is 19.7 Å². The number of rotatable bonds is 4. The molecule has 0 unspecified atom stereocenters. The molecule has 0 spiro atoms. The Morgan fingerprint density at radius 3 is 2.81 bits per heavy atom. The van der Waals surface area contributed by atoms with Gasteiger partial charge in [-0.2, -0.15) is 0 Å². The quantitative estimate of drug-likeness (QED) is 0.629. The second kappa shape index (κ2) is 7.39. The highest BCUT2D eigenvalue weighted by Crippen LogP contribution is 2.30. The summed E-state index contributed by atoms with van der Waals surface area (Å²) >= 11 is 0. The zero-order chi connectivity index (χ0) is 18.8. The van der Waals surface area contributed by atoms with E-state index in [0.717, 1.165) is 0 Å². The summed E-state index contributed by atoms with van der Waals surface area (Å²) in [7, 11) is 0. The van der Waals surface area contributed by atoms with Gasteiger partial charge in [0.2, 0.25) is 0 Å². The van der Waals surface area contributed by atoms with Crippen LogP contribution in [-0.2, 0) is 4.74 Å². The third-order valence-corrected chi connectivity index (χ3v) is 4.59. The topological polar surface area (TPSA) is 122 Å². The van der Waals surface area contributed by atoms with Crippen molar-refractivity contribution in [1.82, 2.24) is 19.5 Å². The number of hydrogen-bond donors (Lipinski definition) is 3. The molecule has 1 aliphatic rings. The Hall–Kier alpha value is -2.88. The van der Waals surface area contributed by atoms with Crippen LogP contribution in [0.2, 0.25) is 0 Å². The largest absolute Gasteiger partial charge is 0.394 e. The average molecular weight is 369 g/mol. The first-order valence-corrected chi connectivity index (χ1v) is 8.65. The van der Waals surface area contributed by atoms with Crippen LogP contribution in [0, 0.1) is 0 Å². The summed E-state index contributed by atoms with van der Waals surface area (Å²) < 4.78 is 7.49. The number of fused-ring (bicyclic) bond motifs is 1. The van der Waals surface area contributed by atoms with Crippen molar-refractivity contribution in [3.05, 3.63) is 48.5 Å². The van der Waals surface area contributed by atoms with Gasteiger partial charge in [0.15, 0.2) is 17.0 Å². The first kappa shape index (κ1) is 17.5. The summed E-state index contributed by atoms with van der Waals surface area (Å²) in [4.78, 5) is 25.1. The van der Waals surface area contributed by atoms with E-state index < -0.39 is 18.4 Å². The Labute approximate surface area is 154 Å². The number of amides is 1. The van der Waals surface area contributed by atoms with E-state index in [-0.39, 0.29) is 12.5 Å². The van der Waals surface area contributed by atoms with Crippen LogP contribution in [0.5, 0.6) is 0 Å². The maximum atomic E-state index is 12.4. The van der Waals surface area contributed by atoms with Crippen LogP contribution in [0.15, 0.2) is 43.0 Å². The summed E-state index contributed by atoms with van der Waals surface area (Å²) in [6.45, 7) is -0.266. The standard InChI is InChI=1S/C18H19N5O4/c24-8-13-12(25)6-7-14(27-13)23-10-21-15-16(19-9-20-17(15)23)22-18(26)11-4-2-1-3-5-11/h1-5,9-10,12-14,24-25H,6-8H2,(H,19,20,22,26)/t12-,13+,14+/m0/s1. The van der Waals surface area contributed by atoms with Crippen LogP contribution in [-0.4, -0.2) is 54.5 Å². The highest BCUT2D eigenvalue weighted by atomic mass is 16.5. The smallest absolute Gasteiger partial charge is 0.256 e. The van der Waals surface area contributed by atoms with Crippen molar-refractivity contribution in [3.63, 3.8) is 0 Å². The van der Waals surface area contributed by atoms with Gasteiger partial charge < -0.3 is 20.3 Å². The number of aliphatic hydroxyl groups excluding tert-OH is 2. The van der Waals surface area contributed by atoms with Gasteiger partial charge in [-0.3, -0.25) is 9.36 Å². The fourth-order valence-electron chi connectivity index (χ4n) is 3.15. The number of carbonyl (C=O) groups excluding carboxylic acids is 1. The third kappa shape index (κ3) is 3.39. The first-order valence-electron chi connectivity index (χ1n) is 8.65. The second-order valence-corrected chi connectivity index (χ2v) is 6.32. The zero-order valence-electron chi connectivity index (χ0n) is 14.4. The molecule has 3 atom stereocenters. The highest BCUT2D eigenvalue weighted by molar-refractivity contribution is 6.06. The van der Waals surface area contributed by atoms with Gasteiger partial charge in [-0.1, -0.05) is 18.2 Å². The van der Waals surface area contributed by atoms with Crippen molar-refractivity contribution in [2.75, 3.05) is 11.9 Å². The lowest BCUT2D eigenvalue weighted by atomic mass is 10.0. The maximum Gasteiger partial charge on any atom is 0.256 e. The number of aliphatic hydroxyl groups is 2. The zero-order valence-corrected chi connectivity index (χ0v) is 14.4. The predicted octanol–water partition coefficient (Wildman–Crippen LogP) is 1.11. The van der Waals surface area contributed by atoms with E-state index >= 15 is 0 Å². The van der Waals surface area contributed by atoms with Crippen LogP contribution in [0.4, 0.5) is 5.82 Å². The number of nitrogens with one attached hydrogen (secondary N) is 1.